The van der Waals surface area contributed by atoms with Crippen LogP contribution in [0.2, 0.25) is 0 Å². The molecule has 4 N–H and O–H groups in total. The molecule has 0 aromatic heterocycles. The summed E-state index contributed by atoms with van der Waals surface area (Å²) in [5.74, 6) is -0.199. The minimum absolute atomic E-state index is 0.0971. The zero-order valence-corrected chi connectivity index (χ0v) is 7.33. The Labute approximate surface area is 77.1 Å². The molecule has 1 rings (SSSR count). The van der Waals surface area contributed by atoms with Gasteiger partial charge in [-0.05, 0) is 30.5 Å². The van der Waals surface area contributed by atoms with Gasteiger partial charge in [0.1, 0.15) is 0 Å². The number of hydrogen-bond acceptors (Lipinski definition) is 3. The highest BCUT2D eigenvalue weighted by Crippen LogP contribution is 2.25. The topological polar surface area (TPSA) is 66.5 Å². The Bertz CT molecular complexity index is 321. The molecule has 1 aromatic carbocycles. The van der Waals surface area contributed by atoms with Crippen molar-refractivity contribution < 1.29 is 10.2 Å². The van der Waals surface area contributed by atoms with Crippen molar-refractivity contribution in [1.82, 2.24) is 0 Å². The van der Waals surface area contributed by atoms with Crippen LogP contribution in [0.15, 0.2) is 30.5 Å². The van der Waals surface area contributed by atoms with Crippen molar-refractivity contribution in [1.29, 1.82) is 0 Å². The van der Waals surface area contributed by atoms with Gasteiger partial charge in [0.15, 0.2) is 11.5 Å². The van der Waals surface area contributed by atoms with Gasteiger partial charge in [0.2, 0.25) is 0 Å². The predicted molar refractivity (Wildman–Crippen MR) is 51.4 cm³/mol. The number of aryl methyl sites for hydroxylation is 1. The number of nitrogens with two attached hydrogens (primary N) is 1. The van der Waals surface area contributed by atoms with E-state index < -0.39 is 0 Å². The molecule has 3 nitrogen and oxygen atoms in total. The fraction of sp³-hybridized carbons (Fsp3) is 0.200. The Hall–Kier alpha value is -1.64. The molecule has 0 fully saturated rings. The van der Waals surface area contributed by atoms with Crippen LogP contribution >= 0.6 is 0 Å². The van der Waals surface area contributed by atoms with Crippen LogP contribution in [-0.4, -0.2) is 10.2 Å². The Morgan fingerprint density at radius 2 is 2.00 bits per heavy atom. The molecule has 3 heteroatoms. The number of aromatic hydroxyl groups is 2. The van der Waals surface area contributed by atoms with Gasteiger partial charge in [-0.3, -0.25) is 0 Å². The molecule has 0 unspecified atom stereocenters. The molecule has 70 valence electrons. The molecular formula is C10H13NO2. The second kappa shape index (κ2) is 3.85. The summed E-state index contributed by atoms with van der Waals surface area (Å²) in [6, 6.07) is 4.74. The van der Waals surface area contributed by atoms with Crippen LogP contribution in [0.1, 0.15) is 12.0 Å². The average molecular weight is 179 g/mol. The maximum Gasteiger partial charge on any atom is 0.157 e. The second-order valence-corrected chi connectivity index (χ2v) is 2.98. The van der Waals surface area contributed by atoms with Gasteiger partial charge in [-0.1, -0.05) is 12.6 Å². The van der Waals surface area contributed by atoms with E-state index in [0.29, 0.717) is 12.1 Å². The van der Waals surface area contributed by atoms with Gasteiger partial charge in [-0.15, -0.1) is 0 Å². The molecule has 0 aliphatic heterocycles. The molecule has 0 spiro atoms. The minimum atomic E-state index is -0.102. The lowest BCUT2D eigenvalue weighted by Gasteiger charge is -2.02. The van der Waals surface area contributed by atoms with Gasteiger partial charge in [-0.25, -0.2) is 0 Å². The van der Waals surface area contributed by atoms with Crippen LogP contribution in [0.3, 0.4) is 0 Å². The molecule has 0 aliphatic carbocycles. The summed E-state index contributed by atoms with van der Waals surface area (Å²) >= 11 is 0. The van der Waals surface area contributed by atoms with Gasteiger partial charge in [-0.2, -0.15) is 0 Å². The van der Waals surface area contributed by atoms with Crippen LogP contribution in [0, 0.1) is 0 Å². The maximum atomic E-state index is 9.16. The number of rotatable bonds is 3. The van der Waals surface area contributed by atoms with E-state index in [1.807, 2.05) is 0 Å². The first-order valence-corrected chi connectivity index (χ1v) is 4.03. The van der Waals surface area contributed by atoms with Crippen molar-refractivity contribution in [3.8, 4) is 11.5 Å². The van der Waals surface area contributed by atoms with E-state index in [-0.39, 0.29) is 11.5 Å². The summed E-state index contributed by atoms with van der Waals surface area (Å²) in [4.78, 5) is 0. The highest BCUT2D eigenvalue weighted by molar-refractivity contribution is 5.40. The van der Waals surface area contributed by atoms with Gasteiger partial charge < -0.3 is 15.9 Å². The zero-order valence-electron chi connectivity index (χ0n) is 7.33. The van der Waals surface area contributed by atoms with E-state index in [9.17, 15) is 0 Å². The first kappa shape index (κ1) is 9.45. The van der Waals surface area contributed by atoms with Gasteiger partial charge in [0.25, 0.3) is 0 Å². The van der Waals surface area contributed by atoms with Crippen molar-refractivity contribution >= 4 is 0 Å². The normalized spacial score (nSPS) is 9.85. The highest BCUT2D eigenvalue weighted by Gasteiger charge is 2.00. The molecule has 0 aliphatic rings. The molecule has 13 heavy (non-hydrogen) atoms. The Kier molecular flexibility index (Phi) is 2.80. The van der Waals surface area contributed by atoms with Gasteiger partial charge in [0.05, 0.1) is 0 Å². The van der Waals surface area contributed by atoms with Crippen molar-refractivity contribution in [2.75, 3.05) is 0 Å². The lowest BCUT2D eigenvalue weighted by molar-refractivity contribution is 0.403. The number of phenols is 2. The SMILES string of the molecule is C=C(N)CCc1ccc(O)c(O)c1. The molecule has 1 aromatic rings. The molecule has 0 amide bonds. The molecule has 0 saturated heterocycles. The van der Waals surface area contributed by atoms with Crippen molar-refractivity contribution in [3.05, 3.63) is 36.0 Å². The molecule has 0 atom stereocenters. The Morgan fingerprint density at radius 1 is 1.31 bits per heavy atom. The third-order valence-electron chi connectivity index (χ3n) is 1.77. The second-order valence-electron chi connectivity index (χ2n) is 2.98. The quantitative estimate of drug-likeness (QED) is 0.616. The molecule has 0 radical (unpaired) electrons. The van der Waals surface area contributed by atoms with Crippen molar-refractivity contribution in [2.45, 2.75) is 12.8 Å². The summed E-state index contributed by atoms with van der Waals surface area (Å²) in [6.07, 6.45) is 1.41. The summed E-state index contributed by atoms with van der Waals surface area (Å²) in [5.41, 5.74) is 6.95. The molecular weight excluding hydrogens is 166 g/mol. The van der Waals surface area contributed by atoms with Crippen LogP contribution in [0.5, 0.6) is 11.5 Å². The van der Waals surface area contributed by atoms with Gasteiger partial charge in [0, 0.05) is 5.70 Å². The average Bonchev–Trinajstić information content (AvgIpc) is 2.07. The predicted octanol–water partition coefficient (Wildman–Crippen LogP) is 1.50. The first-order valence-electron chi connectivity index (χ1n) is 4.03. The van der Waals surface area contributed by atoms with Crippen LogP contribution < -0.4 is 5.73 Å². The maximum absolute atomic E-state index is 9.16. The first-order chi connectivity index (χ1) is 6.09. The fourth-order valence-corrected chi connectivity index (χ4v) is 1.03. The summed E-state index contributed by atoms with van der Waals surface area (Å²) in [7, 11) is 0. The van der Waals surface area contributed by atoms with E-state index in [4.69, 9.17) is 15.9 Å². The fourth-order valence-electron chi connectivity index (χ4n) is 1.03. The van der Waals surface area contributed by atoms with Crippen LogP contribution in [0.4, 0.5) is 0 Å². The van der Waals surface area contributed by atoms with Gasteiger partial charge >= 0.3 is 0 Å². The minimum Gasteiger partial charge on any atom is -0.504 e. The van der Waals surface area contributed by atoms with E-state index in [0.717, 1.165) is 12.0 Å². The van der Waals surface area contributed by atoms with Crippen molar-refractivity contribution in [2.24, 2.45) is 5.73 Å². The monoisotopic (exact) mass is 179 g/mol. The number of benzene rings is 1. The van der Waals surface area contributed by atoms with Crippen LogP contribution in [-0.2, 0) is 6.42 Å². The zero-order chi connectivity index (χ0) is 9.84. The van der Waals surface area contributed by atoms with Crippen LogP contribution in [0.25, 0.3) is 0 Å². The summed E-state index contributed by atoms with van der Waals surface area (Å²) < 4.78 is 0. The number of allylic oxidation sites excluding steroid dienone is 1. The highest BCUT2D eigenvalue weighted by atomic mass is 16.3. The number of hydrogen-bond donors (Lipinski definition) is 3. The smallest absolute Gasteiger partial charge is 0.157 e. The van der Waals surface area contributed by atoms with E-state index in [1.165, 1.54) is 12.1 Å². The largest absolute Gasteiger partial charge is 0.504 e. The summed E-state index contributed by atoms with van der Waals surface area (Å²) in [5, 5.41) is 18.2. The van der Waals surface area contributed by atoms with E-state index in [2.05, 4.69) is 6.58 Å². The molecule has 0 bridgehead atoms. The number of phenolic OH excluding ortho intramolecular Hbond substituents is 2. The van der Waals surface area contributed by atoms with Crippen molar-refractivity contribution in [3.63, 3.8) is 0 Å². The standard InChI is InChI=1S/C10H13NO2/c1-7(11)2-3-8-4-5-9(12)10(13)6-8/h4-6,12-13H,1-3,11H2. The lowest BCUT2D eigenvalue weighted by atomic mass is 10.1. The van der Waals surface area contributed by atoms with E-state index >= 15 is 0 Å². The Balaban J connectivity index is 2.68. The third-order valence-corrected chi connectivity index (χ3v) is 1.77. The third kappa shape index (κ3) is 2.71. The Morgan fingerprint density at radius 3 is 2.54 bits per heavy atom. The molecule has 0 heterocycles. The molecule has 0 saturated carbocycles. The lowest BCUT2D eigenvalue weighted by Crippen LogP contribution is -1.96. The summed E-state index contributed by atoms with van der Waals surface area (Å²) in [6.45, 7) is 3.58. The van der Waals surface area contributed by atoms with E-state index in [1.54, 1.807) is 6.07 Å².